The molecule has 1 heterocycles. The van der Waals surface area contributed by atoms with Crippen LogP contribution in [0.25, 0.3) is 0 Å². The molecule has 0 saturated carbocycles. The normalized spacial score (nSPS) is 33.5. The lowest BCUT2D eigenvalue weighted by Gasteiger charge is -2.29. The summed E-state index contributed by atoms with van der Waals surface area (Å²) in [5.74, 6) is 0.673. The lowest BCUT2D eigenvalue weighted by atomic mass is 10.3. The standard InChI is InChI=1S/C6H12N2O2S/c1-8-2-3-11(10)4-5(8)6(7)9/h5H,2-4H2,1H3,(H2,7,9). The fourth-order valence-corrected chi connectivity index (χ4v) is 2.52. The molecule has 0 aliphatic carbocycles. The Labute approximate surface area is 68.2 Å². The van der Waals surface area contributed by atoms with E-state index in [9.17, 15) is 9.00 Å². The fraction of sp³-hybridized carbons (Fsp3) is 0.833. The highest BCUT2D eigenvalue weighted by Crippen LogP contribution is 2.05. The minimum Gasteiger partial charge on any atom is -0.368 e. The van der Waals surface area contributed by atoms with Gasteiger partial charge in [-0.15, -0.1) is 0 Å². The van der Waals surface area contributed by atoms with Crippen molar-refractivity contribution in [3.05, 3.63) is 0 Å². The van der Waals surface area contributed by atoms with E-state index in [2.05, 4.69) is 0 Å². The first-order valence-corrected chi connectivity index (χ1v) is 4.94. The number of hydrogen-bond acceptors (Lipinski definition) is 3. The molecule has 0 bridgehead atoms. The number of nitrogens with two attached hydrogens (primary N) is 1. The summed E-state index contributed by atoms with van der Waals surface area (Å²) in [6, 6.07) is -0.329. The van der Waals surface area contributed by atoms with Gasteiger partial charge in [-0.1, -0.05) is 0 Å². The molecule has 2 unspecified atom stereocenters. The van der Waals surface area contributed by atoms with Gasteiger partial charge in [-0.05, 0) is 7.05 Å². The van der Waals surface area contributed by atoms with Gasteiger partial charge in [0.15, 0.2) is 0 Å². The Morgan fingerprint density at radius 3 is 2.82 bits per heavy atom. The highest BCUT2D eigenvalue weighted by Gasteiger charge is 2.27. The Hall–Kier alpha value is -0.420. The zero-order valence-corrected chi connectivity index (χ0v) is 7.26. The van der Waals surface area contributed by atoms with Crippen LogP contribution in [0.3, 0.4) is 0 Å². The summed E-state index contributed by atoms with van der Waals surface area (Å²) in [7, 11) is 0.971. The van der Waals surface area contributed by atoms with Crippen LogP contribution in [-0.4, -0.2) is 46.2 Å². The smallest absolute Gasteiger partial charge is 0.235 e. The lowest BCUT2D eigenvalue weighted by molar-refractivity contribution is -0.122. The highest BCUT2D eigenvalue weighted by molar-refractivity contribution is 7.85. The zero-order chi connectivity index (χ0) is 8.43. The summed E-state index contributed by atoms with van der Waals surface area (Å²) in [5.41, 5.74) is 5.10. The van der Waals surface area contributed by atoms with E-state index in [0.717, 1.165) is 0 Å². The molecule has 1 amide bonds. The summed E-state index contributed by atoms with van der Waals surface area (Å²) in [4.78, 5) is 12.6. The number of nitrogens with zero attached hydrogens (tertiary/aromatic N) is 1. The van der Waals surface area contributed by atoms with Crippen LogP contribution in [0.2, 0.25) is 0 Å². The minimum atomic E-state index is -0.854. The third-order valence-corrected chi connectivity index (χ3v) is 3.20. The van der Waals surface area contributed by atoms with E-state index in [1.165, 1.54) is 0 Å². The number of hydrogen-bond donors (Lipinski definition) is 1. The van der Waals surface area contributed by atoms with Crippen LogP contribution in [0.4, 0.5) is 0 Å². The third kappa shape index (κ3) is 2.00. The van der Waals surface area contributed by atoms with E-state index in [0.29, 0.717) is 18.1 Å². The maximum absolute atomic E-state index is 11.0. The Balaban J connectivity index is 2.61. The van der Waals surface area contributed by atoms with Gasteiger partial charge in [0.1, 0.15) is 6.04 Å². The molecule has 1 aliphatic rings. The highest BCUT2D eigenvalue weighted by atomic mass is 32.2. The van der Waals surface area contributed by atoms with E-state index in [1.54, 1.807) is 0 Å². The van der Waals surface area contributed by atoms with E-state index < -0.39 is 10.8 Å². The molecule has 1 rings (SSSR count). The Morgan fingerprint density at radius 1 is 1.73 bits per heavy atom. The second-order valence-corrected chi connectivity index (χ2v) is 4.33. The largest absolute Gasteiger partial charge is 0.368 e. The van der Waals surface area contributed by atoms with Crippen molar-refractivity contribution in [2.24, 2.45) is 5.73 Å². The quantitative estimate of drug-likeness (QED) is 0.531. The van der Waals surface area contributed by atoms with E-state index in [1.807, 2.05) is 11.9 Å². The molecule has 0 radical (unpaired) electrons. The molecule has 0 aromatic rings. The van der Waals surface area contributed by atoms with Crippen molar-refractivity contribution in [3.8, 4) is 0 Å². The van der Waals surface area contributed by atoms with Gasteiger partial charge in [0, 0.05) is 28.9 Å². The van der Waals surface area contributed by atoms with Gasteiger partial charge in [-0.25, -0.2) is 0 Å². The second-order valence-electron chi connectivity index (χ2n) is 2.71. The molecule has 11 heavy (non-hydrogen) atoms. The van der Waals surface area contributed by atoms with Crippen LogP contribution in [0.15, 0.2) is 0 Å². The van der Waals surface area contributed by atoms with Gasteiger partial charge in [-0.2, -0.15) is 0 Å². The first-order chi connectivity index (χ1) is 5.11. The maximum Gasteiger partial charge on any atom is 0.235 e. The van der Waals surface area contributed by atoms with Crippen molar-refractivity contribution in [1.82, 2.24) is 4.90 Å². The first-order valence-electron chi connectivity index (χ1n) is 3.46. The predicted octanol–water partition coefficient (Wildman–Crippen LogP) is -1.47. The van der Waals surface area contributed by atoms with Crippen molar-refractivity contribution in [2.45, 2.75) is 6.04 Å². The van der Waals surface area contributed by atoms with Crippen LogP contribution >= 0.6 is 0 Å². The van der Waals surface area contributed by atoms with Crippen LogP contribution in [0.1, 0.15) is 0 Å². The number of carbonyl (C=O) groups is 1. The van der Waals surface area contributed by atoms with Crippen molar-refractivity contribution >= 4 is 16.7 Å². The Morgan fingerprint density at radius 2 is 2.36 bits per heavy atom. The Bertz CT molecular complexity index is 195. The number of primary amides is 1. The summed E-state index contributed by atoms with van der Waals surface area (Å²) in [6.45, 7) is 0.695. The number of rotatable bonds is 1. The van der Waals surface area contributed by atoms with E-state index in [-0.39, 0.29) is 11.9 Å². The van der Waals surface area contributed by atoms with Crippen LogP contribution in [-0.2, 0) is 15.6 Å². The molecule has 0 aromatic heterocycles. The lowest BCUT2D eigenvalue weighted by Crippen LogP contribution is -2.51. The molecule has 4 nitrogen and oxygen atoms in total. The zero-order valence-electron chi connectivity index (χ0n) is 6.45. The van der Waals surface area contributed by atoms with E-state index >= 15 is 0 Å². The monoisotopic (exact) mass is 176 g/mol. The van der Waals surface area contributed by atoms with Gasteiger partial charge in [0.2, 0.25) is 5.91 Å². The summed E-state index contributed by atoms with van der Waals surface area (Å²) < 4.78 is 11.0. The number of likely N-dealkylation sites (N-methyl/N-ethyl adjacent to an activating group) is 1. The molecule has 2 atom stereocenters. The van der Waals surface area contributed by atoms with Gasteiger partial charge in [0.05, 0.1) is 0 Å². The molecule has 1 aliphatic heterocycles. The topological polar surface area (TPSA) is 63.4 Å². The van der Waals surface area contributed by atoms with Crippen LogP contribution in [0.5, 0.6) is 0 Å². The van der Waals surface area contributed by atoms with Crippen LogP contribution < -0.4 is 5.73 Å². The van der Waals surface area contributed by atoms with Crippen LogP contribution in [0, 0.1) is 0 Å². The molecular weight excluding hydrogens is 164 g/mol. The van der Waals surface area contributed by atoms with Gasteiger partial charge in [0.25, 0.3) is 0 Å². The maximum atomic E-state index is 11.0. The Kier molecular flexibility index (Phi) is 2.62. The first kappa shape index (κ1) is 8.67. The molecule has 1 fully saturated rings. The predicted molar refractivity (Wildman–Crippen MR) is 43.5 cm³/mol. The van der Waals surface area contributed by atoms with E-state index in [4.69, 9.17) is 5.73 Å². The third-order valence-electron chi connectivity index (χ3n) is 1.88. The molecule has 1 saturated heterocycles. The summed E-state index contributed by atoms with van der Waals surface area (Å²) >= 11 is 0. The summed E-state index contributed by atoms with van der Waals surface area (Å²) in [5, 5.41) is 0. The second kappa shape index (κ2) is 3.32. The van der Waals surface area contributed by atoms with Crippen molar-refractivity contribution < 1.29 is 9.00 Å². The molecule has 64 valence electrons. The average molecular weight is 176 g/mol. The molecule has 2 N–H and O–H groups in total. The van der Waals surface area contributed by atoms with Gasteiger partial charge >= 0.3 is 0 Å². The average Bonchev–Trinajstić information content (AvgIpc) is 1.94. The molecule has 0 aromatic carbocycles. The molecule has 5 heteroatoms. The fourth-order valence-electron chi connectivity index (χ4n) is 1.09. The van der Waals surface area contributed by atoms with Crippen molar-refractivity contribution in [2.75, 3.05) is 25.1 Å². The van der Waals surface area contributed by atoms with Crippen molar-refractivity contribution in [3.63, 3.8) is 0 Å². The van der Waals surface area contributed by atoms with Crippen molar-refractivity contribution in [1.29, 1.82) is 0 Å². The summed E-state index contributed by atoms with van der Waals surface area (Å²) in [6.07, 6.45) is 0. The number of carbonyl (C=O) groups excluding carboxylic acids is 1. The molecular formula is C6H12N2O2S. The SMILES string of the molecule is CN1CCS(=O)CC1C(N)=O. The minimum absolute atomic E-state index is 0.329. The van der Waals surface area contributed by atoms with Gasteiger partial charge < -0.3 is 5.73 Å². The number of amides is 1. The molecule has 0 spiro atoms. The van der Waals surface area contributed by atoms with Gasteiger partial charge in [-0.3, -0.25) is 13.9 Å².